The van der Waals surface area contributed by atoms with E-state index in [-0.39, 0.29) is 18.2 Å². The van der Waals surface area contributed by atoms with Crippen molar-refractivity contribution in [3.8, 4) is 17.2 Å². The van der Waals surface area contributed by atoms with Crippen molar-refractivity contribution >= 4 is 29.5 Å². The molecule has 0 atom stereocenters. The number of nitrogens with zero attached hydrogens (tertiary/aromatic N) is 1. The van der Waals surface area contributed by atoms with Crippen LogP contribution in [-0.2, 0) is 9.53 Å². The first-order chi connectivity index (χ1) is 16.0. The maximum absolute atomic E-state index is 12.3. The van der Waals surface area contributed by atoms with Crippen molar-refractivity contribution in [2.24, 2.45) is 4.99 Å². The molecule has 4 rings (SSSR count). The van der Waals surface area contributed by atoms with Crippen LogP contribution < -0.4 is 14.2 Å². The fourth-order valence-electron chi connectivity index (χ4n) is 3.17. The van der Waals surface area contributed by atoms with Crippen LogP contribution >= 0.6 is 11.6 Å². The molecule has 0 aliphatic carbocycles. The van der Waals surface area contributed by atoms with Crippen LogP contribution in [0.3, 0.4) is 0 Å². The van der Waals surface area contributed by atoms with Crippen LogP contribution in [0.4, 0.5) is 0 Å². The first kappa shape index (κ1) is 22.4. The number of hydrogen-bond acceptors (Lipinski definition) is 6. The lowest BCUT2D eigenvalue weighted by Crippen LogP contribution is -2.10. The van der Waals surface area contributed by atoms with Gasteiger partial charge in [-0.3, -0.25) is 0 Å². The molecule has 0 radical (unpaired) electrons. The fraction of sp³-hybridized carbons (Fsp3) is 0.154. The third kappa shape index (κ3) is 5.54. The molecule has 6 nitrogen and oxygen atoms in total. The van der Waals surface area contributed by atoms with E-state index in [9.17, 15) is 4.79 Å². The minimum Gasteiger partial charge on any atom is -0.493 e. The zero-order valence-electron chi connectivity index (χ0n) is 18.2. The highest BCUT2D eigenvalue weighted by atomic mass is 35.5. The highest BCUT2D eigenvalue weighted by Crippen LogP contribution is 2.37. The van der Waals surface area contributed by atoms with Gasteiger partial charge in [-0.05, 0) is 55.0 Å². The summed E-state index contributed by atoms with van der Waals surface area (Å²) in [6.07, 6.45) is 1.59. The van der Waals surface area contributed by atoms with Gasteiger partial charge in [-0.2, -0.15) is 0 Å². The van der Waals surface area contributed by atoms with Gasteiger partial charge in [-0.25, -0.2) is 9.79 Å². The molecule has 0 spiro atoms. The monoisotopic (exact) mass is 463 g/mol. The summed E-state index contributed by atoms with van der Waals surface area (Å²) in [5.74, 6) is 1.33. The van der Waals surface area contributed by atoms with Crippen molar-refractivity contribution in [2.75, 3.05) is 20.3 Å². The van der Waals surface area contributed by atoms with E-state index in [1.54, 1.807) is 18.2 Å². The quantitative estimate of drug-likeness (QED) is 0.252. The van der Waals surface area contributed by atoms with E-state index >= 15 is 0 Å². The van der Waals surface area contributed by atoms with Gasteiger partial charge >= 0.3 is 5.97 Å². The molecule has 0 saturated heterocycles. The molecular formula is C26H22ClNO5. The molecule has 0 fully saturated rings. The number of ether oxygens (including phenoxy) is 4. The van der Waals surface area contributed by atoms with Crippen LogP contribution in [-0.4, -0.2) is 32.2 Å². The number of rotatable bonds is 8. The maximum Gasteiger partial charge on any atom is 0.363 e. The summed E-state index contributed by atoms with van der Waals surface area (Å²) in [6, 6.07) is 20.4. The van der Waals surface area contributed by atoms with Crippen LogP contribution in [0.2, 0.25) is 5.02 Å². The van der Waals surface area contributed by atoms with E-state index < -0.39 is 5.97 Å². The van der Waals surface area contributed by atoms with Gasteiger partial charge < -0.3 is 18.9 Å². The Bertz CT molecular complexity index is 1200. The normalized spacial score (nSPS) is 14.1. The second kappa shape index (κ2) is 10.2. The predicted molar refractivity (Wildman–Crippen MR) is 127 cm³/mol. The molecule has 168 valence electrons. The Morgan fingerprint density at radius 3 is 2.45 bits per heavy atom. The SMILES string of the molecule is COc1cc(C=C2N=C(c3ccccc3)OC2=O)cc(Cl)c1OCCOc1ccc(C)cc1. The minimum atomic E-state index is -0.530. The van der Waals surface area contributed by atoms with Crippen molar-refractivity contribution in [1.82, 2.24) is 0 Å². The van der Waals surface area contributed by atoms with E-state index in [4.69, 9.17) is 30.5 Å². The molecule has 3 aromatic carbocycles. The lowest BCUT2D eigenvalue weighted by molar-refractivity contribution is -0.129. The molecule has 33 heavy (non-hydrogen) atoms. The first-order valence-electron chi connectivity index (χ1n) is 10.3. The maximum atomic E-state index is 12.3. The second-order valence-electron chi connectivity index (χ2n) is 7.25. The van der Waals surface area contributed by atoms with Gasteiger partial charge in [0.2, 0.25) is 5.90 Å². The van der Waals surface area contributed by atoms with Crippen molar-refractivity contribution in [2.45, 2.75) is 6.92 Å². The van der Waals surface area contributed by atoms with Gasteiger partial charge in [0.05, 0.1) is 12.1 Å². The Balaban J connectivity index is 1.46. The van der Waals surface area contributed by atoms with Crippen molar-refractivity contribution in [3.05, 3.63) is 94.1 Å². The summed E-state index contributed by atoms with van der Waals surface area (Å²) in [6.45, 7) is 2.64. The highest BCUT2D eigenvalue weighted by Gasteiger charge is 2.24. The van der Waals surface area contributed by atoms with Crippen LogP contribution in [0.25, 0.3) is 6.08 Å². The number of aryl methyl sites for hydroxylation is 1. The van der Waals surface area contributed by atoms with Gasteiger partial charge in [-0.1, -0.05) is 47.5 Å². The van der Waals surface area contributed by atoms with Gasteiger partial charge in [0.1, 0.15) is 19.0 Å². The van der Waals surface area contributed by atoms with E-state index in [1.807, 2.05) is 61.5 Å². The Kier molecular flexibility index (Phi) is 6.95. The Morgan fingerprint density at radius 1 is 1.00 bits per heavy atom. The Labute approximate surface area is 197 Å². The number of hydrogen-bond donors (Lipinski definition) is 0. The minimum absolute atomic E-state index is 0.173. The number of methoxy groups -OCH3 is 1. The number of halogens is 1. The van der Waals surface area contributed by atoms with E-state index in [0.29, 0.717) is 28.7 Å². The third-order valence-corrected chi connectivity index (χ3v) is 5.10. The molecule has 0 N–H and O–H groups in total. The third-order valence-electron chi connectivity index (χ3n) is 4.82. The molecule has 0 bridgehead atoms. The van der Waals surface area contributed by atoms with Gasteiger partial charge in [0.15, 0.2) is 17.2 Å². The first-order valence-corrected chi connectivity index (χ1v) is 10.7. The van der Waals surface area contributed by atoms with E-state index in [1.165, 1.54) is 7.11 Å². The van der Waals surface area contributed by atoms with Crippen molar-refractivity contribution in [3.63, 3.8) is 0 Å². The predicted octanol–water partition coefficient (Wildman–Crippen LogP) is 5.46. The average Bonchev–Trinajstić information content (AvgIpc) is 3.19. The summed E-state index contributed by atoms with van der Waals surface area (Å²) in [5, 5.41) is 0.343. The highest BCUT2D eigenvalue weighted by molar-refractivity contribution is 6.32. The second-order valence-corrected chi connectivity index (χ2v) is 7.65. The van der Waals surface area contributed by atoms with Crippen molar-refractivity contribution in [1.29, 1.82) is 0 Å². The summed E-state index contributed by atoms with van der Waals surface area (Å²) in [7, 11) is 1.52. The number of esters is 1. The summed E-state index contributed by atoms with van der Waals surface area (Å²) < 4.78 is 22.2. The molecule has 7 heteroatoms. The van der Waals surface area contributed by atoms with Gasteiger partial charge in [-0.15, -0.1) is 0 Å². The summed E-state index contributed by atoms with van der Waals surface area (Å²) in [4.78, 5) is 16.6. The van der Waals surface area contributed by atoms with Gasteiger partial charge in [0.25, 0.3) is 0 Å². The molecule has 0 aromatic heterocycles. The summed E-state index contributed by atoms with van der Waals surface area (Å²) >= 11 is 6.45. The number of cyclic esters (lactones) is 1. The largest absolute Gasteiger partial charge is 0.493 e. The zero-order chi connectivity index (χ0) is 23.2. The molecule has 1 aliphatic rings. The Morgan fingerprint density at radius 2 is 1.73 bits per heavy atom. The van der Waals surface area contributed by atoms with Crippen LogP contribution in [0.5, 0.6) is 17.2 Å². The number of aliphatic imine (C=N–C) groups is 1. The molecule has 0 unspecified atom stereocenters. The zero-order valence-corrected chi connectivity index (χ0v) is 19.0. The van der Waals surface area contributed by atoms with Crippen LogP contribution in [0.15, 0.2) is 77.4 Å². The Hall–Kier alpha value is -3.77. The molecule has 1 heterocycles. The van der Waals surface area contributed by atoms with Gasteiger partial charge in [0, 0.05) is 5.56 Å². The average molecular weight is 464 g/mol. The fourth-order valence-corrected chi connectivity index (χ4v) is 3.45. The molecule has 3 aromatic rings. The number of benzene rings is 3. The molecule has 0 saturated carbocycles. The number of carbonyl (C=O) groups excluding carboxylic acids is 1. The lowest BCUT2D eigenvalue weighted by Gasteiger charge is -2.14. The standard InChI is InChI=1S/C26H22ClNO5/c1-17-8-10-20(11-9-17)31-12-13-32-24-21(27)14-18(16-23(24)30-2)15-22-26(29)33-25(28-22)19-6-4-3-5-7-19/h3-11,14-16H,12-13H2,1-2H3. The van der Waals surface area contributed by atoms with Crippen molar-refractivity contribution < 1.29 is 23.7 Å². The smallest absolute Gasteiger partial charge is 0.363 e. The van der Waals surface area contributed by atoms with Crippen LogP contribution in [0.1, 0.15) is 16.7 Å². The molecular weight excluding hydrogens is 442 g/mol. The lowest BCUT2D eigenvalue weighted by atomic mass is 10.1. The molecule has 1 aliphatic heterocycles. The molecule has 0 amide bonds. The van der Waals surface area contributed by atoms with E-state index in [2.05, 4.69) is 4.99 Å². The van der Waals surface area contributed by atoms with E-state index in [0.717, 1.165) is 16.9 Å². The van der Waals surface area contributed by atoms with Crippen LogP contribution in [0, 0.1) is 6.92 Å². The number of carbonyl (C=O) groups is 1. The summed E-state index contributed by atoms with van der Waals surface area (Å²) in [5.41, 5.74) is 2.69. The topological polar surface area (TPSA) is 66.4 Å².